The summed E-state index contributed by atoms with van der Waals surface area (Å²) in [5.74, 6) is -0.308. The number of hydrogen-bond acceptors (Lipinski definition) is 6. The van der Waals surface area contributed by atoms with Crippen LogP contribution in [0.2, 0.25) is 0 Å². The summed E-state index contributed by atoms with van der Waals surface area (Å²) in [5.41, 5.74) is 1.81. The summed E-state index contributed by atoms with van der Waals surface area (Å²) in [4.78, 5) is 42.7. The van der Waals surface area contributed by atoms with Crippen LogP contribution in [0.4, 0.5) is 4.79 Å². The second-order valence-corrected chi connectivity index (χ2v) is 8.71. The summed E-state index contributed by atoms with van der Waals surface area (Å²) in [6, 6.07) is 7.01. The van der Waals surface area contributed by atoms with Crippen molar-refractivity contribution in [3.05, 3.63) is 29.8 Å². The van der Waals surface area contributed by atoms with Gasteiger partial charge in [0.15, 0.2) is 0 Å². The van der Waals surface area contributed by atoms with Crippen LogP contribution < -0.4 is 15.5 Å². The molecule has 2 heterocycles. The second kappa shape index (κ2) is 8.84. The molecule has 3 aliphatic rings. The Labute approximate surface area is 182 Å². The molecular weight excluding hydrogens is 398 g/mol. The van der Waals surface area contributed by atoms with Gasteiger partial charge in [0.1, 0.15) is 11.3 Å². The van der Waals surface area contributed by atoms with E-state index in [9.17, 15) is 14.4 Å². The molecule has 1 unspecified atom stereocenters. The number of carbonyl (C=O) groups excluding carboxylic acids is 3. The fourth-order valence-electron chi connectivity index (χ4n) is 4.79. The predicted octanol–water partition coefficient (Wildman–Crippen LogP) is 1.05. The Morgan fingerprint density at radius 2 is 1.90 bits per heavy atom. The van der Waals surface area contributed by atoms with Crippen LogP contribution in [0.5, 0.6) is 5.75 Å². The molecule has 0 aromatic heterocycles. The topological polar surface area (TPSA) is 94.2 Å². The molecule has 1 aromatic carbocycles. The number of benzene rings is 1. The third-order valence-corrected chi connectivity index (χ3v) is 6.69. The number of methoxy groups -OCH3 is 1. The fourth-order valence-corrected chi connectivity index (χ4v) is 4.79. The molecular formula is C22H31N5O4. The van der Waals surface area contributed by atoms with Crippen molar-refractivity contribution in [2.24, 2.45) is 0 Å². The van der Waals surface area contributed by atoms with E-state index in [-0.39, 0.29) is 12.5 Å². The van der Waals surface area contributed by atoms with Crippen molar-refractivity contribution in [2.45, 2.75) is 44.2 Å². The monoisotopic (exact) mass is 429 g/mol. The minimum absolute atomic E-state index is 0.158. The van der Waals surface area contributed by atoms with E-state index < -0.39 is 17.5 Å². The lowest BCUT2D eigenvalue weighted by Gasteiger charge is -2.37. The van der Waals surface area contributed by atoms with Crippen molar-refractivity contribution in [1.82, 2.24) is 25.6 Å². The summed E-state index contributed by atoms with van der Waals surface area (Å²) < 4.78 is 5.22. The van der Waals surface area contributed by atoms with Gasteiger partial charge in [0.25, 0.3) is 11.8 Å². The van der Waals surface area contributed by atoms with Gasteiger partial charge >= 0.3 is 6.03 Å². The van der Waals surface area contributed by atoms with Crippen LogP contribution in [0, 0.1) is 0 Å². The molecule has 4 rings (SSSR count). The number of hydrazine groups is 1. The quantitative estimate of drug-likeness (QED) is 0.657. The fraction of sp³-hybridized carbons (Fsp3) is 0.591. The summed E-state index contributed by atoms with van der Waals surface area (Å²) in [7, 11) is 1.54. The molecule has 2 saturated heterocycles. The van der Waals surface area contributed by atoms with Crippen molar-refractivity contribution in [2.75, 3.05) is 39.8 Å². The van der Waals surface area contributed by atoms with Gasteiger partial charge in [-0.15, -0.1) is 0 Å². The number of rotatable bonds is 6. The highest BCUT2D eigenvalue weighted by Gasteiger charge is 2.50. The highest BCUT2D eigenvalue weighted by molar-refractivity contribution is 6.08. The smallest absolute Gasteiger partial charge is 0.344 e. The van der Waals surface area contributed by atoms with E-state index in [1.165, 1.54) is 32.8 Å². The van der Waals surface area contributed by atoms with Crippen LogP contribution >= 0.6 is 0 Å². The van der Waals surface area contributed by atoms with Gasteiger partial charge in [0.05, 0.1) is 13.7 Å². The Bertz CT molecular complexity index is 848. The Hall–Kier alpha value is -2.65. The molecule has 168 valence electrons. The first-order valence-electron chi connectivity index (χ1n) is 11.0. The van der Waals surface area contributed by atoms with Gasteiger partial charge in [-0.1, -0.05) is 25.0 Å². The maximum Gasteiger partial charge on any atom is 0.344 e. The Balaban J connectivity index is 1.33. The lowest BCUT2D eigenvalue weighted by Crippen LogP contribution is -2.54. The zero-order chi connectivity index (χ0) is 22.0. The Morgan fingerprint density at radius 3 is 2.58 bits per heavy atom. The number of urea groups is 1. The molecule has 9 heteroatoms. The largest absolute Gasteiger partial charge is 0.497 e. The maximum absolute atomic E-state index is 13.0. The van der Waals surface area contributed by atoms with Gasteiger partial charge in [0.2, 0.25) is 0 Å². The molecule has 0 bridgehead atoms. The minimum atomic E-state index is -1.27. The van der Waals surface area contributed by atoms with Crippen LogP contribution in [0.15, 0.2) is 24.3 Å². The molecule has 0 radical (unpaired) electrons. The van der Waals surface area contributed by atoms with Crippen molar-refractivity contribution < 1.29 is 19.1 Å². The van der Waals surface area contributed by atoms with Gasteiger partial charge in [-0.2, -0.15) is 5.01 Å². The van der Waals surface area contributed by atoms with Gasteiger partial charge in [-0.05, 0) is 37.5 Å². The van der Waals surface area contributed by atoms with Crippen LogP contribution in [-0.2, 0) is 15.1 Å². The average molecular weight is 430 g/mol. The number of piperazine rings is 1. The number of carbonyl (C=O) groups is 3. The van der Waals surface area contributed by atoms with Crippen LogP contribution in [0.1, 0.15) is 38.2 Å². The molecule has 0 spiro atoms. The number of amides is 4. The van der Waals surface area contributed by atoms with Gasteiger partial charge < -0.3 is 10.1 Å². The maximum atomic E-state index is 13.0. The molecule has 31 heavy (non-hydrogen) atoms. The zero-order valence-corrected chi connectivity index (χ0v) is 18.2. The lowest BCUT2D eigenvalue weighted by molar-refractivity contribution is -0.139. The number of ether oxygens (including phenoxy) is 1. The molecule has 2 aliphatic heterocycles. The first-order chi connectivity index (χ1) is 14.9. The van der Waals surface area contributed by atoms with E-state index in [1.807, 2.05) is 0 Å². The van der Waals surface area contributed by atoms with E-state index in [0.29, 0.717) is 17.4 Å². The normalized spacial score (nSPS) is 25.7. The van der Waals surface area contributed by atoms with Gasteiger partial charge in [0, 0.05) is 32.2 Å². The summed E-state index contributed by atoms with van der Waals surface area (Å²) in [6.07, 6.45) is 5.18. The summed E-state index contributed by atoms with van der Waals surface area (Å²) >= 11 is 0. The van der Waals surface area contributed by atoms with Crippen molar-refractivity contribution >= 4 is 17.8 Å². The van der Waals surface area contributed by atoms with Crippen LogP contribution in [-0.4, -0.2) is 78.5 Å². The lowest BCUT2D eigenvalue weighted by atomic mass is 9.92. The van der Waals surface area contributed by atoms with E-state index in [1.54, 1.807) is 31.2 Å². The number of nitrogens with one attached hydrogen (secondary N) is 2. The standard InChI is InChI=1S/C22H31N5O4/c1-22(16-6-5-9-18(14-16)31-2)20(29)27(21(30)23-22)24-19(28)15-25-10-12-26(13-11-25)17-7-3-4-8-17/h5-6,9,14,17H,3-4,7-8,10-13,15H2,1-2H3,(H,23,30)(H,24,28). The minimum Gasteiger partial charge on any atom is -0.497 e. The van der Waals surface area contributed by atoms with Gasteiger partial charge in [-0.25, -0.2) is 4.79 Å². The van der Waals surface area contributed by atoms with Crippen molar-refractivity contribution in [1.29, 1.82) is 0 Å². The predicted molar refractivity (Wildman–Crippen MR) is 114 cm³/mol. The SMILES string of the molecule is COc1cccc(C2(C)NC(=O)N(NC(=O)CN3CCN(C4CCCC4)CC3)C2=O)c1. The van der Waals surface area contributed by atoms with E-state index in [4.69, 9.17) is 4.74 Å². The average Bonchev–Trinajstić information content (AvgIpc) is 3.38. The summed E-state index contributed by atoms with van der Waals surface area (Å²) in [5, 5.41) is 3.48. The number of imide groups is 1. The second-order valence-electron chi connectivity index (χ2n) is 8.71. The van der Waals surface area contributed by atoms with Crippen LogP contribution in [0.3, 0.4) is 0 Å². The van der Waals surface area contributed by atoms with Crippen molar-refractivity contribution in [3.63, 3.8) is 0 Å². The highest BCUT2D eigenvalue weighted by Crippen LogP contribution is 2.30. The molecule has 3 fully saturated rings. The Morgan fingerprint density at radius 1 is 1.19 bits per heavy atom. The van der Waals surface area contributed by atoms with Crippen molar-refractivity contribution in [3.8, 4) is 5.75 Å². The van der Waals surface area contributed by atoms with Crippen LogP contribution in [0.25, 0.3) is 0 Å². The van der Waals surface area contributed by atoms with E-state index >= 15 is 0 Å². The summed E-state index contributed by atoms with van der Waals surface area (Å²) in [6.45, 7) is 5.31. The molecule has 4 amide bonds. The molecule has 1 aromatic rings. The molecule has 1 aliphatic carbocycles. The molecule has 9 nitrogen and oxygen atoms in total. The van der Waals surface area contributed by atoms with E-state index in [2.05, 4.69) is 20.5 Å². The number of nitrogens with zero attached hydrogens (tertiary/aromatic N) is 3. The third kappa shape index (κ3) is 4.38. The first-order valence-corrected chi connectivity index (χ1v) is 11.0. The third-order valence-electron chi connectivity index (χ3n) is 6.69. The highest BCUT2D eigenvalue weighted by atomic mass is 16.5. The van der Waals surface area contributed by atoms with E-state index in [0.717, 1.165) is 31.2 Å². The molecule has 2 N–H and O–H groups in total. The molecule has 1 saturated carbocycles. The Kier molecular flexibility index (Phi) is 6.15. The zero-order valence-electron chi connectivity index (χ0n) is 18.2. The first kappa shape index (κ1) is 21.6. The van der Waals surface area contributed by atoms with Gasteiger partial charge in [-0.3, -0.25) is 24.8 Å². The number of hydrogen-bond donors (Lipinski definition) is 2. The molecule has 1 atom stereocenters.